The van der Waals surface area contributed by atoms with E-state index in [0.717, 1.165) is 30.5 Å². The summed E-state index contributed by atoms with van der Waals surface area (Å²) in [6, 6.07) is 11.6. The third-order valence-electron chi connectivity index (χ3n) is 3.01. The van der Waals surface area contributed by atoms with Crippen LogP contribution in [0.5, 0.6) is 0 Å². The zero-order valence-electron chi connectivity index (χ0n) is 10.5. The van der Waals surface area contributed by atoms with Crippen LogP contribution < -0.4 is 5.73 Å². The highest BCUT2D eigenvalue weighted by Gasteiger charge is 2.09. The molecule has 2 N–H and O–H groups in total. The van der Waals surface area contributed by atoms with E-state index < -0.39 is 0 Å². The van der Waals surface area contributed by atoms with Crippen LogP contribution in [0.25, 0.3) is 0 Å². The first-order valence-electron chi connectivity index (χ1n) is 6.25. The van der Waals surface area contributed by atoms with Crippen molar-refractivity contribution in [2.45, 2.75) is 25.3 Å². The highest BCUT2D eigenvalue weighted by Crippen LogP contribution is 2.26. The van der Waals surface area contributed by atoms with Crippen LogP contribution in [0, 0.1) is 0 Å². The molecule has 0 aliphatic carbocycles. The molecule has 1 unspecified atom stereocenters. The number of aromatic nitrogens is 1. The molecule has 19 heavy (non-hydrogen) atoms. The Morgan fingerprint density at radius 3 is 2.68 bits per heavy atom. The molecule has 1 heterocycles. The summed E-state index contributed by atoms with van der Waals surface area (Å²) in [7, 11) is 0. The normalized spacial score (nSPS) is 12.4. The maximum atomic E-state index is 6.15. The van der Waals surface area contributed by atoms with Crippen LogP contribution in [0.1, 0.15) is 17.7 Å². The zero-order chi connectivity index (χ0) is 13.7. The van der Waals surface area contributed by atoms with Crippen molar-refractivity contribution in [2.75, 3.05) is 0 Å². The summed E-state index contributed by atoms with van der Waals surface area (Å²) in [5.74, 6) is 0. The van der Waals surface area contributed by atoms with Crippen molar-refractivity contribution in [1.82, 2.24) is 4.98 Å². The number of pyridine rings is 1. The Kier molecular flexibility index (Phi) is 5.20. The van der Waals surface area contributed by atoms with Gasteiger partial charge in [0.1, 0.15) is 0 Å². The summed E-state index contributed by atoms with van der Waals surface area (Å²) in [5.41, 5.74) is 8.21. The van der Waals surface area contributed by atoms with E-state index in [4.69, 9.17) is 28.9 Å². The van der Waals surface area contributed by atoms with Gasteiger partial charge < -0.3 is 5.73 Å². The number of rotatable bonds is 5. The molecule has 0 saturated heterocycles. The topological polar surface area (TPSA) is 38.9 Å². The average Bonchev–Trinajstić information content (AvgIpc) is 2.43. The summed E-state index contributed by atoms with van der Waals surface area (Å²) >= 11 is 12.1. The lowest BCUT2D eigenvalue weighted by Crippen LogP contribution is -2.23. The van der Waals surface area contributed by atoms with Crippen LogP contribution in [-0.4, -0.2) is 11.0 Å². The van der Waals surface area contributed by atoms with E-state index in [1.165, 1.54) is 0 Å². The number of hydrogen-bond donors (Lipinski definition) is 1. The van der Waals surface area contributed by atoms with Gasteiger partial charge in [-0.2, -0.15) is 0 Å². The van der Waals surface area contributed by atoms with E-state index in [-0.39, 0.29) is 6.04 Å². The van der Waals surface area contributed by atoms with E-state index in [1.807, 2.05) is 30.3 Å². The molecule has 1 atom stereocenters. The molecule has 0 saturated carbocycles. The lowest BCUT2D eigenvalue weighted by atomic mass is 10.0. The summed E-state index contributed by atoms with van der Waals surface area (Å²) < 4.78 is 0. The fraction of sp³-hybridized carbons (Fsp3) is 0.267. The lowest BCUT2D eigenvalue weighted by molar-refractivity contribution is 0.605. The zero-order valence-corrected chi connectivity index (χ0v) is 12.0. The van der Waals surface area contributed by atoms with E-state index in [1.54, 1.807) is 12.3 Å². The first-order chi connectivity index (χ1) is 9.16. The maximum absolute atomic E-state index is 6.15. The second kappa shape index (κ2) is 6.90. The third-order valence-corrected chi connectivity index (χ3v) is 3.87. The number of halogens is 2. The highest BCUT2D eigenvalue weighted by atomic mass is 35.5. The van der Waals surface area contributed by atoms with Gasteiger partial charge in [-0.25, -0.2) is 0 Å². The molecule has 0 radical (unpaired) electrons. The van der Waals surface area contributed by atoms with Gasteiger partial charge in [0.2, 0.25) is 0 Å². The second-order valence-corrected chi connectivity index (χ2v) is 5.32. The van der Waals surface area contributed by atoms with Gasteiger partial charge in [-0.1, -0.05) is 41.4 Å². The fourth-order valence-corrected chi connectivity index (χ4v) is 2.37. The van der Waals surface area contributed by atoms with E-state index >= 15 is 0 Å². The van der Waals surface area contributed by atoms with Gasteiger partial charge in [-0.05, 0) is 43.0 Å². The molecule has 1 aromatic carbocycles. The molecule has 0 spiro atoms. The molecule has 100 valence electrons. The van der Waals surface area contributed by atoms with Crippen molar-refractivity contribution in [3.63, 3.8) is 0 Å². The van der Waals surface area contributed by atoms with Gasteiger partial charge in [0.15, 0.2) is 0 Å². The van der Waals surface area contributed by atoms with Gasteiger partial charge in [-0.15, -0.1) is 0 Å². The molecule has 0 aliphatic rings. The summed E-state index contributed by atoms with van der Waals surface area (Å²) in [5, 5.41) is 1.19. The minimum Gasteiger partial charge on any atom is -0.327 e. The van der Waals surface area contributed by atoms with Crippen LogP contribution in [0.2, 0.25) is 10.0 Å². The van der Waals surface area contributed by atoms with Gasteiger partial charge in [0, 0.05) is 17.9 Å². The van der Waals surface area contributed by atoms with Gasteiger partial charge in [-0.3, -0.25) is 4.98 Å². The molecular weight excluding hydrogens is 279 g/mol. The molecular formula is C15H16Cl2N2. The van der Waals surface area contributed by atoms with Crippen LogP contribution in [0.3, 0.4) is 0 Å². The van der Waals surface area contributed by atoms with E-state index in [2.05, 4.69) is 4.98 Å². The minimum absolute atomic E-state index is 0.0537. The highest BCUT2D eigenvalue weighted by molar-refractivity contribution is 6.42. The first kappa shape index (κ1) is 14.3. The molecule has 0 aliphatic heterocycles. The molecule has 2 rings (SSSR count). The van der Waals surface area contributed by atoms with Crippen LogP contribution >= 0.6 is 23.2 Å². The van der Waals surface area contributed by atoms with Crippen LogP contribution in [0.4, 0.5) is 0 Å². The van der Waals surface area contributed by atoms with Crippen LogP contribution in [0.15, 0.2) is 42.6 Å². The fourth-order valence-electron chi connectivity index (χ4n) is 1.97. The Morgan fingerprint density at radius 1 is 1.11 bits per heavy atom. The van der Waals surface area contributed by atoms with E-state index in [9.17, 15) is 0 Å². The molecule has 2 aromatic rings. The second-order valence-electron chi connectivity index (χ2n) is 4.54. The molecule has 0 bridgehead atoms. The molecule has 2 nitrogen and oxygen atoms in total. The maximum Gasteiger partial charge on any atom is 0.0624 e. The number of nitrogens with two attached hydrogens (primary N) is 1. The quantitative estimate of drug-likeness (QED) is 0.908. The minimum atomic E-state index is 0.0537. The van der Waals surface area contributed by atoms with Crippen molar-refractivity contribution >= 4 is 23.2 Å². The van der Waals surface area contributed by atoms with Crippen molar-refractivity contribution in [2.24, 2.45) is 5.73 Å². The van der Waals surface area contributed by atoms with Gasteiger partial charge in [0.25, 0.3) is 0 Å². The van der Waals surface area contributed by atoms with Crippen molar-refractivity contribution in [1.29, 1.82) is 0 Å². The predicted octanol–water partition coefficient (Wildman–Crippen LogP) is 3.89. The monoisotopic (exact) mass is 294 g/mol. The standard InChI is InChI=1S/C15H16Cl2N2/c16-14-6-3-4-11(15(14)17)10-12(18)7-8-13-5-1-2-9-19-13/h1-6,9,12H,7-8,10,18H2. The molecule has 0 amide bonds. The van der Waals surface area contributed by atoms with E-state index in [0.29, 0.717) is 10.0 Å². The van der Waals surface area contributed by atoms with Gasteiger partial charge in [0.05, 0.1) is 10.0 Å². The Morgan fingerprint density at radius 2 is 1.95 bits per heavy atom. The first-order valence-corrected chi connectivity index (χ1v) is 7.01. The Bertz CT molecular complexity index is 529. The lowest BCUT2D eigenvalue weighted by Gasteiger charge is -2.13. The SMILES string of the molecule is NC(CCc1ccccn1)Cc1cccc(Cl)c1Cl. The van der Waals surface area contributed by atoms with Crippen LogP contribution in [-0.2, 0) is 12.8 Å². The average molecular weight is 295 g/mol. The summed E-state index contributed by atoms with van der Waals surface area (Å²) in [6.45, 7) is 0. The number of aryl methyl sites for hydroxylation is 1. The Hall–Kier alpha value is -1.09. The van der Waals surface area contributed by atoms with Crippen molar-refractivity contribution < 1.29 is 0 Å². The Balaban J connectivity index is 1.91. The number of benzene rings is 1. The summed E-state index contributed by atoms with van der Waals surface area (Å²) in [4.78, 5) is 4.29. The largest absolute Gasteiger partial charge is 0.327 e. The number of nitrogens with zero attached hydrogens (tertiary/aromatic N) is 1. The van der Waals surface area contributed by atoms with Crippen molar-refractivity contribution in [3.05, 3.63) is 63.9 Å². The number of hydrogen-bond acceptors (Lipinski definition) is 2. The Labute approximate surface area is 123 Å². The molecule has 4 heteroatoms. The summed E-state index contributed by atoms with van der Waals surface area (Å²) in [6.07, 6.45) is 4.28. The van der Waals surface area contributed by atoms with Gasteiger partial charge >= 0.3 is 0 Å². The smallest absolute Gasteiger partial charge is 0.0624 e. The predicted molar refractivity (Wildman–Crippen MR) is 80.7 cm³/mol. The van der Waals surface area contributed by atoms with Crippen molar-refractivity contribution in [3.8, 4) is 0 Å². The molecule has 1 aromatic heterocycles. The molecule has 0 fully saturated rings. The third kappa shape index (κ3) is 4.20.